The van der Waals surface area contributed by atoms with Crippen LogP contribution in [0, 0.1) is 10.1 Å². The van der Waals surface area contributed by atoms with Crippen molar-refractivity contribution in [1.82, 2.24) is 4.72 Å². The number of rotatable bonds is 8. The number of anilines is 1. The number of sulfonamides is 1. The van der Waals surface area contributed by atoms with Crippen molar-refractivity contribution in [3.63, 3.8) is 0 Å². The van der Waals surface area contributed by atoms with Crippen LogP contribution in [0.1, 0.15) is 6.92 Å². The quantitative estimate of drug-likeness (QED) is 0.279. The number of halogens is 1. The van der Waals surface area contributed by atoms with Gasteiger partial charge in [0.1, 0.15) is 6.54 Å². The first-order chi connectivity index (χ1) is 15.6. The Labute approximate surface area is 193 Å². The molecule has 10 nitrogen and oxygen atoms in total. The lowest BCUT2D eigenvalue weighted by atomic mass is 10.1. The number of non-ortho nitro benzene ring substituents is 1. The van der Waals surface area contributed by atoms with Crippen LogP contribution >= 0.6 is 11.6 Å². The molecule has 0 saturated carbocycles. The summed E-state index contributed by atoms with van der Waals surface area (Å²) in [6, 6.07) is 15.2. The van der Waals surface area contributed by atoms with E-state index in [1.54, 1.807) is 18.2 Å². The molecule has 0 bridgehead atoms. The summed E-state index contributed by atoms with van der Waals surface area (Å²) in [7, 11) is -4.00. The van der Waals surface area contributed by atoms with Gasteiger partial charge in [0.2, 0.25) is 10.0 Å². The fourth-order valence-corrected chi connectivity index (χ4v) is 3.99. The second-order valence-electron chi connectivity index (χ2n) is 6.88. The van der Waals surface area contributed by atoms with Gasteiger partial charge in [0.25, 0.3) is 11.6 Å². The lowest BCUT2D eigenvalue weighted by Gasteiger charge is -2.14. The number of nitro benzene ring substituents is 1. The smallest absolute Gasteiger partial charge is 0.321 e. The van der Waals surface area contributed by atoms with Gasteiger partial charge in [-0.15, -0.1) is 0 Å². The summed E-state index contributed by atoms with van der Waals surface area (Å²) in [4.78, 5) is 34.5. The van der Waals surface area contributed by atoms with Crippen LogP contribution in [0.4, 0.5) is 11.4 Å². The molecule has 3 aromatic carbocycles. The van der Waals surface area contributed by atoms with Gasteiger partial charge in [-0.3, -0.25) is 19.7 Å². The lowest BCUT2D eigenvalue weighted by Crippen LogP contribution is -2.35. The molecule has 0 radical (unpaired) electrons. The Hall–Kier alpha value is -3.54. The first-order valence-corrected chi connectivity index (χ1v) is 11.4. The molecule has 0 fully saturated rings. The van der Waals surface area contributed by atoms with E-state index in [1.807, 2.05) is 12.1 Å². The highest BCUT2D eigenvalue weighted by Gasteiger charge is 2.22. The number of benzene rings is 3. The largest absolute Gasteiger partial charge is 0.452 e. The van der Waals surface area contributed by atoms with E-state index in [0.717, 1.165) is 11.5 Å². The highest BCUT2D eigenvalue weighted by Crippen LogP contribution is 2.27. The van der Waals surface area contributed by atoms with E-state index in [-0.39, 0.29) is 21.3 Å². The van der Waals surface area contributed by atoms with E-state index in [4.69, 9.17) is 16.3 Å². The molecule has 0 spiro atoms. The number of nitro groups is 1. The molecule has 0 aliphatic rings. The van der Waals surface area contributed by atoms with E-state index in [2.05, 4.69) is 10.0 Å². The number of nitrogens with zero attached hydrogens (tertiary/aromatic N) is 1. The molecule has 0 heterocycles. The summed E-state index contributed by atoms with van der Waals surface area (Å²) >= 11 is 5.93. The van der Waals surface area contributed by atoms with Crippen molar-refractivity contribution in [3.05, 3.63) is 75.8 Å². The van der Waals surface area contributed by atoms with Gasteiger partial charge >= 0.3 is 5.97 Å². The molecule has 1 amide bonds. The molecule has 0 aliphatic carbocycles. The molecule has 0 aromatic heterocycles. The average Bonchev–Trinajstić information content (AvgIpc) is 2.78. The summed E-state index contributed by atoms with van der Waals surface area (Å²) in [6.07, 6.45) is -1.32. The van der Waals surface area contributed by atoms with E-state index in [9.17, 15) is 28.1 Å². The van der Waals surface area contributed by atoms with Crippen LogP contribution in [0.2, 0.25) is 5.02 Å². The second-order valence-corrected chi connectivity index (χ2v) is 9.05. The van der Waals surface area contributed by atoms with Crippen LogP contribution in [0.15, 0.2) is 65.6 Å². The van der Waals surface area contributed by atoms with Gasteiger partial charge in [0.05, 0.1) is 20.5 Å². The van der Waals surface area contributed by atoms with Crippen molar-refractivity contribution in [2.75, 3.05) is 11.9 Å². The lowest BCUT2D eigenvalue weighted by molar-refractivity contribution is -0.384. The minimum Gasteiger partial charge on any atom is -0.452 e. The van der Waals surface area contributed by atoms with Crippen molar-refractivity contribution < 1.29 is 27.7 Å². The van der Waals surface area contributed by atoms with Crippen molar-refractivity contribution in [2.45, 2.75) is 17.9 Å². The number of nitrogens with one attached hydrogen (secondary N) is 2. The monoisotopic (exact) mass is 491 g/mol. The van der Waals surface area contributed by atoms with Gasteiger partial charge in [-0.05, 0) is 35.9 Å². The predicted octanol–water partition coefficient (Wildman–Crippen LogP) is 3.25. The predicted molar refractivity (Wildman–Crippen MR) is 121 cm³/mol. The van der Waals surface area contributed by atoms with Crippen LogP contribution in [-0.2, 0) is 24.3 Å². The molecule has 0 unspecified atom stereocenters. The van der Waals surface area contributed by atoms with Crippen molar-refractivity contribution >= 4 is 55.6 Å². The molecule has 1 atom stereocenters. The number of carbonyl (C=O) groups is 2. The van der Waals surface area contributed by atoms with Gasteiger partial charge in [-0.25, -0.2) is 8.42 Å². The Balaban J connectivity index is 1.59. The molecular weight excluding hydrogens is 474 g/mol. The van der Waals surface area contributed by atoms with E-state index < -0.39 is 39.5 Å². The summed E-state index contributed by atoms with van der Waals surface area (Å²) in [5.41, 5.74) is -0.321. The second kappa shape index (κ2) is 9.94. The van der Waals surface area contributed by atoms with E-state index in [0.29, 0.717) is 5.39 Å². The van der Waals surface area contributed by atoms with Crippen LogP contribution in [0.3, 0.4) is 0 Å². The minimum atomic E-state index is -4.00. The Bertz CT molecular complexity index is 1340. The maximum atomic E-state index is 12.5. The van der Waals surface area contributed by atoms with Crippen molar-refractivity contribution in [2.24, 2.45) is 0 Å². The summed E-state index contributed by atoms with van der Waals surface area (Å²) < 4.78 is 32.1. The maximum Gasteiger partial charge on any atom is 0.321 e. The summed E-state index contributed by atoms with van der Waals surface area (Å²) in [5, 5.41) is 14.8. The van der Waals surface area contributed by atoms with Crippen LogP contribution in [-0.4, -0.2) is 37.9 Å². The first-order valence-electron chi connectivity index (χ1n) is 9.49. The first kappa shape index (κ1) is 24.1. The highest BCUT2D eigenvalue weighted by atomic mass is 35.5. The minimum absolute atomic E-state index is 0.0277. The zero-order valence-electron chi connectivity index (χ0n) is 17.1. The molecule has 0 aliphatic heterocycles. The maximum absolute atomic E-state index is 12.5. The Morgan fingerprint density at radius 1 is 1.09 bits per heavy atom. The fraction of sp³-hybridized carbons (Fsp3) is 0.143. The van der Waals surface area contributed by atoms with Crippen LogP contribution < -0.4 is 10.0 Å². The Kier molecular flexibility index (Phi) is 7.26. The van der Waals surface area contributed by atoms with Crippen LogP contribution in [0.25, 0.3) is 10.8 Å². The van der Waals surface area contributed by atoms with Crippen LogP contribution in [0.5, 0.6) is 0 Å². The summed E-state index contributed by atoms with van der Waals surface area (Å²) in [5.74, 6) is -1.80. The zero-order valence-corrected chi connectivity index (χ0v) is 18.7. The van der Waals surface area contributed by atoms with Crippen molar-refractivity contribution in [1.29, 1.82) is 0 Å². The topological polar surface area (TPSA) is 145 Å². The number of hydrogen-bond acceptors (Lipinski definition) is 7. The number of amides is 1. The van der Waals surface area contributed by atoms with Gasteiger partial charge in [-0.2, -0.15) is 4.72 Å². The Morgan fingerprint density at radius 2 is 1.79 bits per heavy atom. The van der Waals surface area contributed by atoms with Gasteiger partial charge in [0, 0.05) is 12.1 Å². The number of ether oxygens (including phenoxy) is 1. The van der Waals surface area contributed by atoms with E-state index in [1.165, 1.54) is 31.2 Å². The SMILES string of the molecule is C[C@@H](OC(=O)CNS(=O)(=O)c1ccc2ccccc2c1)C(=O)Nc1cc([N+](=O)[O-])ccc1Cl. The molecule has 0 saturated heterocycles. The zero-order chi connectivity index (χ0) is 24.2. The summed E-state index contributed by atoms with van der Waals surface area (Å²) in [6.45, 7) is 0.556. The third kappa shape index (κ3) is 6.04. The molecule has 3 rings (SSSR count). The number of fused-ring (bicyclic) bond motifs is 1. The van der Waals surface area contributed by atoms with Crippen molar-refractivity contribution in [3.8, 4) is 0 Å². The third-order valence-corrected chi connectivity index (χ3v) is 6.26. The molecule has 3 aromatic rings. The normalized spacial score (nSPS) is 12.2. The number of carbonyl (C=O) groups excluding carboxylic acids is 2. The Morgan fingerprint density at radius 3 is 2.48 bits per heavy atom. The molecule has 172 valence electrons. The molecular formula is C21H18ClN3O7S. The molecule has 33 heavy (non-hydrogen) atoms. The highest BCUT2D eigenvalue weighted by molar-refractivity contribution is 7.89. The van der Waals surface area contributed by atoms with Gasteiger partial charge in [0.15, 0.2) is 6.10 Å². The molecule has 2 N–H and O–H groups in total. The van der Waals surface area contributed by atoms with Gasteiger partial charge < -0.3 is 10.1 Å². The number of hydrogen-bond donors (Lipinski definition) is 2. The fourth-order valence-electron chi connectivity index (χ4n) is 2.82. The molecule has 12 heteroatoms. The van der Waals surface area contributed by atoms with E-state index >= 15 is 0 Å². The average molecular weight is 492 g/mol. The third-order valence-electron chi connectivity index (χ3n) is 4.53. The van der Waals surface area contributed by atoms with Gasteiger partial charge in [-0.1, -0.05) is 41.9 Å². The standard InChI is InChI=1S/C21H18ClN3O7S/c1-13(21(27)24-19-11-16(25(28)29)7-9-18(19)22)32-20(26)12-23-33(30,31)17-8-6-14-4-2-3-5-15(14)10-17/h2-11,13,23H,12H2,1H3,(H,24,27)/t13-/m1/s1. The number of esters is 1.